The predicted octanol–water partition coefficient (Wildman–Crippen LogP) is 2.77. The lowest BCUT2D eigenvalue weighted by Crippen LogP contribution is -2.17. The molecule has 0 bridgehead atoms. The zero-order valence-electron chi connectivity index (χ0n) is 8.98. The number of hydrogen-bond donors (Lipinski definition) is 0. The summed E-state index contributed by atoms with van der Waals surface area (Å²) < 4.78 is 10.6. The number of benzene rings is 1. The van der Waals surface area contributed by atoms with Gasteiger partial charge in [0.15, 0.2) is 0 Å². The number of carbonyl (C=O) groups is 1. The van der Waals surface area contributed by atoms with Gasteiger partial charge in [0.05, 0.1) is 13.0 Å². The Morgan fingerprint density at radius 2 is 2.12 bits per heavy atom. The van der Waals surface area contributed by atoms with E-state index in [1.54, 1.807) is 0 Å². The van der Waals surface area contributed by atoms with E-state index in [2.05, 4.69) is 0 Å². The lowest BCUT2D eigenvalue weighted by Gasteiger charge is -2.14. The molecular weight excluding hydrogens is 228 g/mol. The summed E-state index contributed by atoms with van der Waals surface area (Å²) in [6.45, 7) is 2.37. The van der Waals surface area contributed by atoms with Gasteiger partial charge >= 0.3 is 5.97 Å². The molecule has 0 spiro atoms. The summed E-state index contributed by atoms with van der Waals surface area (Å²) in [5.74, 6) is -0.0617. The fourth-order valence-corrected chi connectivity index (χ4v) is 1.74. The first kappa shape index (κ1) is 11.4. The van der Waals surface area contributed by atoms with Crippen LogP contribution in [0.3, 0.4) is 0 Å². The Balaban J connectivity index is 1.88. The molecular formula is C12H13ClO3. The second-order valence-electron chi connectivity index (χ2n) is 3.98. The van der Waals surface area contributed by atoms with Gasteiger partial charge < -0.3 is 9.47 Å². The van der Waals surface area contributed by atoms with Gasteiger partial charge in [0.1, 0.15) is 0 Å². The molecule has 1 aromatic rings. The average Bonchev–Trinajstić information content (AvgIpc) is 2.57. The number of hydrogen-bond acceptors (Lipinski definition) is 3. The Kier molecular flexibility index (Phi) is 3.46. The first-order valence-corrected chi connectivity index (χ1v) is 5.58. The minimum absolute atomic E-state index is 0.125. The maximum atomic E-state index is 11.0. The van der Waals surface area contributed by atoms with Crippen LogP contribution in [0.1, 0.15) is 18.9 Å². The van der Waals surface area contributed by atoms with E-state index in [1.165, 1.54) is 0 Å². The molecule has 0 amide bonds. The standard InChI is InChI=1S/C12H13ClO3/c1-8-6-11(14)16-12(8)15-7-9-2-4-10(13)5-3-9/h2-5,8,12H,6-7H2,1H3. The first-order chi connectivity index (χ1) is 7.65. The fourth-order valence-electron chi connectivity index (χ4n) is 1.61. The van der Waals surface area contributed by atoms with Gasteiger partial charge in [0.2, 0.25) is 6.29 Å². The molecule has 0 radical (unpaired) electrons. The van der Waals surface area contributed by atoms with Crippen molar-refractivity contribution in [1.82, 2.24) is 0 Å². The number of ether oxygens (including phenoxy) is 2. The highest BCUT2D eigenvalue weighted by molar-refractivity contribution is 6.30. The SMILES string of the molecule is CC1CC(=O)OC1OCc1ccc(Cl)cc1. The van der Waals surface area contributed by atoms with E-state index in [4.69, 9.17) is 21.1 Å². The smallest absolute Gasteiger partial charge is 0.308 e. The third-order valence-corrected chi connectivity index (χ3v) is 2.78. The van der Waals surface area contributed by atoms with E-state index in [-0.39, 0.29) is 11.9 Å². The Morgan fingerprint density at radius 3 is 2.69 bits per heavy atom. The van der Waals surface area contributed by atoms with Gasteiger partial charge in [0.25, 0.3) is 0 Å². The highest BCUT2D eigenvalue weighted by Gasteiger charge is 2.31. The van der Waals surface area contributed by atoms with E-state index in [0.717, 1.165) is 5.56 Å². The van der Waals surface area contributed by atoms with Crippen molar-refractivity contribution >= 4 is 17.6 Å². The van der Waals surface area contributed by atoms with Crippen LogP contribution in [0.4, 0.5) is 0 Å². The van der Waals surface area contributed by atoms with Crippen LogP contribution in [0.2, 0.25) is 5.02 Å². The highest BCUT2D eigenvalue weighted by Crippen LogP contribution is 2.23. The minimum atomic E-state index is -0.414. The lowest BCUT2D eigenvalue weighted by atomic mass is 10.1. The van der Waals surface area contributed by atoms with Crippen LogP contribution < -0.4 is 0 Å². The average molecular weight is 241 g/mol. The second kappa shape index (κ2) is 4.85. The van der Waals surface area contributed by atoms with Crippen molar-refractivity contribution in [2.75, 3.05) is 0 Å². The monoisotopic (exact) mass is 240 g/mol. The molecule has 3 nitrogen and oxygen atoms in total. The van der Waals surface area contributed by atoms with Crippen molar-refractivity contribution in [3.63, 3.8) is 0 Å². The molecule has 2 rings (SSSR count). The van der Waals surface area contributed by atoms with Gasteiger partial charge in [-0.15, -0.1) is 0 Å². The van der Waals surface area contributed by atoms with Crippen molar-refractivity contribution in [2.45, 2.75) is 26.2 Å². The van der Waals surface area contributed by atoms with E-state index in [0.29, 0.717) is 18.1 Å². The number of rotatable bonds is 3. The molecule has 1 aliphatic heterocycles. The van der Waals surface area contributed by atoms with Crippen LogP contribution in [0.5, 0.6) is 0 Å². The van der Waals surface area contributed by atoms with Crippen LogP contribution in [0, 0.1) is 5.92 Å². The maximum Gasteiger partial charge on any atom is 0.308 e. The first-order valence-electron chi connectivity index (χ1n) is 5.20. The maximum absolute atomic E-state index is 11.0. The van der Waals surface area contributed by atoms with Crippen molar-refractivity contribution in [1.29, 1.82) is 0 Å². The van der Waals surface area contributed by atoms with Gasteiger partial charge in [0, 0.05) is 10.9 Å². The number of esters is 1. The largest absolute Gasteiger partial charge is 0.435 e. The Labute approximate surface area is 99.3 Å². The van der Waals surface area contributed by atoms with Gasteiger partial charge in [-0.25, -0.2) is 0 Å². The molecule has 16 heavy (non-hydrogen) atoms. The Morgan fingerprint density at radius 1 is 1.44 bits per heavy atom. The van der Waals surface area contributed by atoms with E-state index in [9.17, 15) is 4.79 Å². The van der Waals surface area contributed by atoms with Crippen LogP contribution >= 0.6 is 11.6 Å². The number of cyclic esters (lactones) is 1. The quantitative estimate of drug-likeness (QED) is 0.762. The lowest BCUT2D eigenvalue weighted by molar-refractivity contribution is -0.169. The molecule has 0 aliphatic carbocycles. The summed E-state index contributed by atoms with van der Waals surface area (Å²) in [6.07, 6.45) is 0.0221. The van der Waals surface area contributed by atoms with E-state index in [1.807, 2.05) is 31.2 Å². The molecule has 86 valence electrons. The molecule has 1 fully saturated rings. The summed E-state index contributed by atoms with van der Waals surface area (Å²) in [5.41, 5.74) is 1.01. The van der Waals surface area contributed by atoms with Crippen LogP contribution in [0.25, 0.3) is 0 Å². The van der Waals surface area contributed by atoms with Gasteiger partial charge in [-0.3, -0.25) is 4.79 Å². The molecule has 2 unspecified atom stereocenters. The molecule has 4 heteroatoms. The van der Waals surface area contributed by atoms with Crippen molar-refractivity contribution < 1.29 is 14.3 Å². The summed E-state index contributed by atoms with van der Waals surface area (Å²) in [7, 11) is 0. The van der Waals surface area contributed by atoms with Crippen molar-refractivity contribution in [2.24, 2.45) is 5.92 Å². The van der Waals surface area contributed by atoms with Gasteiger partial charge in [-0.1, -0.05) is 30.7 Å². The summed E-state index contributed by atoms with van der Waals surface area (Å²) in [4.78, 5) is 11.0. The fraction of sp³-hybridized carbons (Fsp3) is 0.417. The molecule has 0 saturated carbocycles. The molecule has 1 aromatic carbocycles. The molecule has 1 aliphatic rings. The molecule has 2 atom stereocenters. The van der Waals surface area contributed by atoms with Crippen molar-refractivity contribution in [3.8, 4) is 0 Å². The molecule has 0 N–H and O–H groups in total. The Hall–Kier alpha value is -1.06. The second-order valence-corrected chi connectivity index (χ2v) is 4.41. The molecule has 1 saturated heterocycles. The normalized spacial score (nSPS) is 24.5. The third kappa shape index (κ3) is 2.74. The number of carbonyl (C=O) groups excluding carboxylic acids is 1. The molecule has 0 aromatic heterocycles. The van der Waals surface area contributed by atoms with E-state index >= 15 is 0 Å². The summed E-state index contributed by atoms with van der Waals surface area (Å²) >= 11 is 5.77. The van der Waals surface area contributed by atoms with Crippen LogP contribution in [0.15, 0.2) is 24.3 Å². The molecule has 1 heterocycles. The van der Waals surface area contributed by atoms with E-state index < -0.39 is 6.29 Å². The van der Waals surface area contributed by atoms with Gasteiger partial charge in [-0.05, 0) is 17.7 Å². The van der Waals surface area contributed by atoms with Crippen LogP contribution in [-0.4, -0.2) is 12.3 Å². The highest BCUT2D eigenvalue weighted by atomic mass is 35.5. The topological polar surface area (TPSA) is 35.5 Å². The van der Waals surface area contributed by atoms with Gasteiger partial charge in [-0.2, -0.15) is 0 Å². The number of halogens is 1. The Bertz CT molecular complexity index is 374. The summed E-state index contributed by atoms with van der Waals surface area (Å²) in [6, 6.07) is 7.40. The summed E-state index contributed by atoms with van der Waals surface area (Å²) in [5, 5.41) is 0.699. The van der Waals surface area contributed by atoms with Crippen molar-refractivity contribution in [3.05, 3.63) is 34.9 Å². The zero-order valence-corrected chi connectivity index (χ0v) is 9.74. The predicted molar refractivity (Wildman–Crippen MR) is 59.9 cm³/mol. The minimum Gasteiger partial charge on any atom is -0.435 e. The van der Waals surface area contributed by atoms with Crippen LogP contribution in [-0.2, 0) is 20.9 Å². The zero-order chi connectivity index (χ0) is 11.5. The third-order valence-electron chi connectivity index (χ3n) is 2.53.